The summed E-state index contributed by atoms with van der Waals surface area (Å²) in [4.78, 5) is 23.2. The highest BCUT2D eigenvalue weighted by Crippen LogP contribution is 2.36. The fourth-order valence-electron chi connectivity index (χ4n) is 3.95. The van der Waals surface area contributed by atoms with Crippen LogP contribution >= 0.6 is 0 Å². The summed E-state index contributed by atoms with van der Waals surface area (Å²) in [6.07, 6.45) is 12.1. The maximum Gasteiger partial charge on any atom is 0.335 e. The summed E-state index contributed by atoms with van der Waals surface area (Å²) in [5, 5.41) is 19.0. The molecule has 0 aliphatic heterocycles. The van der Waals surface area contributed by atoms with Gasteiger partial charge >= 0.3 is 5.97 Å². The number of rotatable bonds is 13. The van der Waals surface area contributed by atoms with Gasteiger partial charge in [0.05, 0.1) is 0 Å². The Hall–Kier alpha value is -0.900. The maximum atomic E-state index is 12.1. The third kappa shape index (κ3) is 6.54. The molecule has 0 amide bonds. The first-order valence-electron chi connectivity index (χ1n) is 9.93. The van der Waals surface area contributed by atoms with Gasteiger partial charge in [-0.15, -0.1) is 0 Å². The molecule has 0 aromatic carbocycles. The topological polar surface area (TPSA) is 74.6 Å². The zero-order chi connectivity index (χ0) is 18.0. The van der Waals surface area contributed by atoms with Crippen LogP contribution in [0.15, 0.2) is 0 Å². The first-order valence-corrected chi connectivity index (χ1v) is 9.93. The fraction of sp³-hybridized carbons (Fsp3) is 0.900. The van der Waals surface area contributed by atoms with Gasteiger partial charge < -0.3 is 10.2 Å². The molecule has 1 fully saturated rings. The Balaban J connectivity index is 2.26. The Morgan fingerprint density at radius 3 is 2.38 bits per heavy atom. The molecule has 2 N–H and O–H groups in total. The average Bonchev–Trinajstić information content (AvgIpc) is 2.91. The number of carbonyl (C=O) groups is 2. The molecular formula is C20H36O4. The van der Waals surface area contributed by atoms with Crippen LogP contribution in [0.5, 0.6) is 0 Å². The quantitative estimate of drug-likeness (QED) is 0.475. The molecule has 0 aromatic rings. The normalized spacial score (nSPS) is 23.4. The zero-order valence-electron chi connectivity index (χ0n) is 15.6. The number of carboxylic acid groups (broad SMARTS) is 1. The Kier molecular flexibility index (Phi) is 9.57. The van der Waals surface area contributed by atoms with Crippen molar-refractivity contribution in [1.29, 1.82) is 0 Å². The molecule has 4 heteroatoms. The molecule has 0 bridgehead atoms. The smallest absolute Gasteiger partial charge is 0.335 e. The second-order valence-electron chi connectivity index (χ2n) is 7.51. The molecule has 1 unspecified atom stereocenters. The van der Waals surface area contributed by atoms with Gasteiger partial charge in [0.1, 0.15) is 5.78 Å². The number of aliphatic hydroxyl groups is 1. The summed E-state index contributed by atoms with van der Waals surface area (Å²) in [5.41, 5.74) is -1.58. The van der Waals surface area contributed by atoms with E-state index in [0.717, 1.165) is 32.1 Å². The molecule has 1 aliphatic rings. The van der Waals surface area contributed by atoms with Crippen LogP contribution in [0, 0.1) is 11.8 Å². The van der Waals surface area contributed by atoms with E-state index in [9.17, 15) is 14.7 Å². The third-order valence-electron chi connectivity index (χ3n) is 5.76. The molecule has 0 radical (unpaired) electrons. The Morgan fingerprint density at radius 1 is 1.08 bits per heavy atom. The lowest BCUT2D eigenvalue weighted by Gasteiger charge is -2.22. The number of hydrogen-bond acceptors (Lipinski definition) is 3. The summed E-state index contributed by atoms with van der Waals surface area (Å²) >= 11 is 0. The number of Topliss-reactive ketones (excluding diaryl/α,β-unsaturated/α-hetero) is 1. The van der Waals surface area contributed by atoms with Crippen LogP contribution in [0.2, 0.25) is 0 Å². The van der Waals surface area contributed by atoms with Crippen molar-refractivity contribution in [3.8, 4) is 0 Å². The predicted octanol–water partition coefficient (Wildman–Crippen LogP) is 4.73. The molecule has 0 heterocycles. The van der Waals surface area contributed by atoms with Crippen LogP contribution in [0.25, 0.3) is 0 Å². The van der Waals surface area contributed by atoms with Gasteiger partial charge in [-0.3, -0.25) is 4.79 Å². The number of aliphatic carboxylic acids is 1. The average molecular weight is 341 g/mol. The largest absolute Gasteiger partial charge is 0.479 e. The number of carboxylic acids is 1. The van der Waals surface area contributed by atoms with Crippen LogP contribution in [0.4, 0.5) is 0 Å². The Bertz CT molecular complexity index is 393. The van der Waals surface area contributed by atoms with Gasteiger partial charge in [0.15, 0.2) is 5.60 Å². The molecule has 140 valence electrons. The van der Waals surface area contributed by atoms with Crippen molar-refractivity contribution in [2.75, 3.05) is 0 Å². The van der Waals surface area contributed by atoms with E-state index in [4.69, 9.17) is 5.11 Å². The number of carbonyl (C=O) groups excluding carboxylic acids is 1. The SMILES string of the molecule is CCCCCC[C@H]1CCC(=O)[C@@H]1CCCCCC(O)(CC)C(=O)O. The lowest BCUT2D eigenvalue weighted by Crippen LogP contribution is -2.37. The van der Waals surface area contributed by atoms with Gasteiger partial charge in [-0.2, -0.15) is 0 Å². The van der Waals surface area contributed by atoms with Crippen LogP contribution in [0.3, 0.4) is 0 Å². The van der Waals surface area contributed by atoms with Gasteiger partial charge in [0.2, 0.25) is 0 Å². The van der Waals surface area contributed by atoms with Crippen molar-refractivity contribution in [1.82, 2.24) is 0 Å². The molecule has 4 nitrogen and oxygen atoms in total. The van der Waals surface area contributed by atoms with E-state index in [1.54, 1.807) is 6.92 Å². The minimum atomic E-state index is -1.58. The minimum absolute atomic E-state index is 0.233. The second kappa shape index (κ2) is 10.9. The number of hydrogen-bond donors (Lipinski definition) is 2. The monoisotopic (exact) mass is 340 g/mol. The molecule has 0 spiro atoms. The van der Waals surface area contributed by atoms with Crippen molar-refractivity contribution in [2.24, 2.45) is 11.8 Å². The molecular weight excluding hydrogens is 304 g/mol. The highest BCUT2D eigenvalue weighted by atomic mass is 16.4. The van der Waals surface area contributed by atoms with E-state index in [-0.39, 0.29) is 12.3 Å². The Morgan fingerprint density at radius 2 is 1.75 bits per heavy atom. The number of ketones is 1. The number of unbranched alkanes of at least 4 members (excludes halogenated alkanes) is 5. The van der Waals surface area contributed by atoms with Crippen molar-refractivity contribution >= 4 is 11.8 Å². The van der Waals surface area contributed by atoms with Crippen molar-refractivity contribution in [3.63, 3.8) is 0 Å². The zero-order valence-corrected chi connectivity index (χ0v) is 15.6. The lowest BCUT2D eigenvalue weighted by molar-refractivity contribution is -0.159. The standard InChI is InChI=1S/C20H36O4/c1-3-5-6-8-11-16-13-14-18(21)17(16)12-9-7-10-15-20(24,4-2)19(22)23/h16-17,24H,3-15H2,1-2H3,(H,22,23)/t16-,17+,20?/m0/s1. The predicted molar refractivity (Wildman–Crippen MR) is 95.9 cm³/mol. The molecule has 0 saturated heterocycles. The first kappa shape index (κ1) is 21.1. The molecule has 24 heavy (non-hydrogen) atoms. The van der Waals surface area contributed by atoms with Crippen molar-refractivity contribution in [3.05, 3.63) is 0 Å². The fourth-order valence-corrected chi connectivity index (χ4v) is 3.95. The summed E-state index contributed by atoms with van der Waals surface area (Å²) in [5.74, 6) is 0.117. The van der Waals surface area contributed by atoms with Crippen LogP contribution in [0.1, 0.15) is 97.3 Å². The molecule has 0 aromatic heterocycles. The van der Waals surface area contributed by atoms with Gasteiger partial charge in [-0.25, -0.2) is 4.79 Å². The highest BCUT2D eigenvalue weighted by molar-refractivity contribution is 5.83. The minimum Gasteiger partial charge on any atom is -0.479 e. The van der Waals surface area contributed by atoms with E-state index < -0.39 is 11.6 Å². The molecule has 1 saturated carbocycles. The van der Waals surface area contributed by atoms with E-state index in [2.05, 4.69) is 6.92 Å². The second-order valence-corrected chi connectivity index (χ2v) is 7.51. The molecule has 1 rings (SSSR count). The van der Waals surface area contributed by atoms with Gasteiger partial charge in [-0.05, 0) is 44.4 Å². The van der Waals surface area contributed by atoms with Crippen LogP contribution in [-0.2, 0) is 9.59 Å². The van der Waals surface area contributed by atoms with E-state index in [0.29, 0.717) is 24.5 Å². The third-order valence-corrected chi connectivity index (χ3v) is 5.76. The van der Waals surface area contributed by atoms with E-state index in [1.165, 1.54) is 32.1 Å². The van der Waals surface area contributed by atoms with Gasteiger partial charge in [0, 0.05) is 12.3 Å². The first-order chi connectivity index (χ1) is 11.4. The molecule has 3 atom stereocenters. The van der Waals surface area contributed by atoms with Gasteiger partial charge in [-0.1, -0.05) is 52.4 Å². The molecule has 1 aliphatic carbocycles. The maximum absolute atomic E-state index is 12.1. The van der Waals surface area contributed by atoms with Crippen LogP contribution in [-0.4, -0.2) is 27.6 Å². The van der Waals surface area contributed by atoms with Crippen molar-refractivity contribution in [2.45, 2.75) is 103 Å². The summed E-state index contributed by atoms with van der Waals surface area (Å²) in [6.45, 7) is 3.92. The highest BCUT2D eigenvalue weighted by Gasteiger charge is 2.34. The summed E-state index contributed by atoms with van der Waals surface area (Å²) in [7, 11) is 0. The van der Waals surface area contributed by atoms with E-state index >= 15 is 0 Å². The summed E-state index contributed by atoms with van der Waals surface area (Å²) < 4.78 is 0. The van der Waals surface area contributed by atoms with Crippen molar-refractivity contribution < 1.29 is 19.8 Å². The summed E-state index contributed by atoms with van der Waals surface area (Å²) in [6, 6.07) is 0. The van der Waals surface area contributed by atoms with Gasteiger partial charge in [0.25, 0.3) is 0 Å². The van der Waals surface area contributed by atoms with E-state index in [1.807, 2.05) is 0 Å². The Labute approximate surface area is 147 Å². The van der Waals surface area contributed by atoms with Crippen LogP contribution < -0.4 is 0 Å². The lowest BCUT2D eigenvalue weighted by atomic mass is 9.86.